The molecule has 2 heterocycles. The molecule has 0 radical (unpaired) electrons. The van der Waals surface area contributed by atoms with Gasteiger partial charge in [-0.3, -0.25) is 4.79 Å². The monoisotopic (exact) mass is 413 g/mol. The number of urea groups is 1. The summed E-state index contributed by atoms with van der Waals surface area (Å²) >= 11 is 0. The quantitative estimate of drug-likeness (QED) is 0.670. The Bertz CT molecular complexity index is 1130. The van der Waals surface area contributed by atoms with Gasteiger partial charge < -0.3 is 16.0 Å². The number of nitrogens with zero attached hydrogens (tertiary/aromatic N) is 2. The van der Waals surface area contributed by atoms with Crippen molar-refractivity contribution in [3.63, 3.8) is 0 Å². The zero-order valence-electron chi connectivity index (χ0n) is 15.2. The molecule has 152 valence electrons. The highest BCUT2D eigenvalue weighted by Gasteiger charge is 2.35. The Morgan fingerprint density at radius 3 is 2.63 bits per heavy atom. The van der Waals surface area contributed by atoms with Crippen LogP contribution in [0.4, 0.5) is 29.3 Å². The van der Waals surface area contributed by atoms with E-state index < -0.39 is 46.9 Å². The minimum absolute atomic E-state index is 0.149. The predicted molar refractivity (Wildman–Crippen MR) is 105 cm³/mol. The van der Waals surface area contributed by atoms with E-state index in [0.29, 0.717) is 0 Å². The molecule has 2 aliphatic heterocycles. The van der Waals surface area contributed by atoms with Crippen molar-refractivity contribution in [1.29, 1.82) is 0 Å². The van der Waals surface area contributed by atoms with Gasteiger partial charge in [-0.05, 0) is 24.3 Å². The molecule has 0 fully saturated rings. The van der Waals surface area contributed by atoms with Crippen LogP contribution in [0.1, 0.15) is 10.4 Å². The summed E-state index contributed by atoms with van der Waals surface area (Å²) in [6, 6.07) is 6.10. The molecule has 0 aliphatic carbocycles. The number of hydrogen-bond donors (Lipinski definition) is 3. The fraction of sp³-hybridized carbons (Fsp3) is 0.100. The van der Waals surface area contributed by atoms with Crippen molar-refractivity contribution in [2.24, 2.45) is 15.9 Å². The maximum absolute atomic E-state index is 14.4. The fourth-order valence-corrected chi connectivity index (χ4v) is 3.14. The lowest BCUT2D eigenvalue weighted by molar-refractivity contribution is 0.102. The van der Waals surface area contributed by atoms with Crippen LogP contribution in [-0.2, 0) is 0 Å². The molecule has 10 heteroatoms. The number of amides is 2. The van der Waals surface area contributed by atoms with E-state index in [1.54, 1.807) is 0 Å². The molecule has 0 saturated heterocycles. The van der Waals surface area contributed by atoms with E-state index in [-0.39, 0.29) is 16.9 Å². The van der Waals surface area contributed by atoms with Gasteiger partial charge >= 0.3 is 6.03 Å². The molecule has 0 saturated carbocycles. The first-order valence-corrected chi connectivity index (χ1v) is 8.81. The number of halogens is 3. The molecule has 2 atom stereocenters. The van der Waals surface area contributed by atoms with E-state index in [9.17, 15) is 22.8 Å². The molecule has 0 spiro atoms. The first kappa shape index (κ1) is 19.4. The van der Waals surface area contributed by atoms with Gasteiger partial charge in [-0.25, -0.2) is 28.0 Å². The highest BCUT2D eigenvalue weighted by molar-refractivity contribution is 6.12. The summed E-state index contributed by atoms with van der Waals surface area (Å²) in [7, 11) is 0. The van der Waals surface area contributed by atoms with Crippen molar-refractivity contribution in [3.05, 3.63) is 71.2 Å². The highest BCUT2D eigenvalue weighted by atomic mass is 19.2. The van der Waals surface area contributed by atoms with Crippen molar-refractivity contribution >= 4 is 35.7 Å². The van der Waals surface area contributed by atoms with E-state index in [4.69, 9.17) is 0 Å². The Labute approximate surface area is 168 Å². The van der Waals surface area contributed by atoms with E-state index in [2.05, 4.69) is 25.9 Å². The van der Waals surface area contributed by atoms with Crippen LogP contribution in [0.25, 0.3) is 0 Å². The van der Waals surface area contributed by atoms with E-state index in [0.717, 1.165) is 18.2 Å². The van der Waals surface area contributed by atoms with Gasteiger partial charge in [-0.15, -0.1) is 0 Å². The minimum Gasteiger partial charge on any atom is -0.369 e. The van der Waals surface area contributed by atoms with Crippen molar-refractivity contribution in [2.45, 2.75) is 6.17 Å². The SMILES string of the molecule is O=C(Nc1cccc(F)c1)Nc1cc(F)c(F)c(C(=O)C2=CNC3N=CN=CC23)c1. The lowest BCUT2D eigenvalue weighted by Crippen LogP contribution is -2.30. The zero-order chi connectivity index (χ0) is 21.3. The normalized spacial score (nSPS) is 19.0. The summed E-state index contributed by atoms with van der Waals surface area (Å²) in [5.41, 5.74) is -0.366. The van der Waals surface area contributed by atoms with Gasteiger partial charge in [0.25, 0.3) is 0 Å². The van der Waals surface area contributed by atoms with E-state index in [1.165, 1.54) is 37.0 Å². The number of ketones is 1. The Kier molecular flexibility index (Phi) is 5.05. The van der Waals surface area contributed by atoms with Gasteiger partial charge in [0.15, 0.2) is 17.4 Å². The molecule has 4 rings (SSSR count). The summed E-state index contributed by atoms with van der Waals surface area (Å²) in [5.74, 6) is -4.47. The molecular formula is C20H14F3N5O2. The van der Waals surface area contributed by atoms with E-state index in [1.807, 2.05) is 0 Å². The average Bonchev–Trinajstić information content (AvgIpc) is 3.14. The lowest BCUT2D eigenvalue weighted by Gasteiger charge is -2.17. The summed E-state index contributed by atoms with van der Waals surface area (Å²) < 4.78 is 41.7. The van der Waals surface area contributed by atoms with Gasteiger partial charge in [-0.1, -0.05) is 6.07 Å². The maximum atomic E-state index is 14.4. The summed E-state index contributed by atoms with van der Waals surface area (Å²) in [6.07, 6.45) is 3.77. The molecule has 2 amide bonds. The Hall–Kier alpha value is -3.95. The number of anilines is 2. The lowest BCUT2D eigenvalue weighted by atomic mass is 9.92. The minimum atomic E-state index is -1.34. The van der Waals surface area contributed by atoms with Crippen molar-refractivity contribution in [1.82, 2.24) is 5.32 Å². The molecule has 2 aromatic carbocycles. The first-order chi connectivity index (χ1) is 14.4. The second kappa shape index (κ2) is 7.82. The molecule has 2 aliphatic rings. The maximum Gasteiger partial charge on any atom is 0.323 e. The number of Topliss-reactive ketones (excluding diaryl/α,β-unsaturated/α-hetero) is 1. The molecular weight excluding hydrogens is 399 g/mol. The van der Waals surface area contributed by atoms with Gasteiger partial charge in [0.1, 0.15) is 18.3 Å². The molecule has 2 aromatic rings. The Morgan fingerprint density at radius 2 is 1.83 bits per heavy atom. The number of nitrogens with one attached hydrogen (secondary N) is 3. The molecule has 30 heavy (non-hydrogen) atoms. The second-order valence-corrected chi connectivity index (χ2v) is 6.54. The average molecular weight is 413 g/mol. The third-order valence-corrected chi connectivity index (χ3v) is 4.52. The number of rotatable bonds is 4. The van der Waals surface area contributed by atoms with Gasteiger partial charge in [0.05, 0.1) is 11.5 Å². The molecule has 3 N–H and O–H groups in total. The van der Waals surface area contributed by atoms with Crippen molar-refractivity contribution in [2.75, 3.05) is 10.6 Å². The van der Waals surface area contributed by atoms with Gasteiger partial charge in [0, 0.05) is 35.4 Å². The van der Waals surface area contributed by atoms with Gasteiger partial charge in [-0.2, -0.15) is 0 Å². The van der Waals surface area contributed by atoms with Crippen LogP contribution in [0, 0.1) is 23.4 Å². The number of carbonyl (C=O) groups is 2. The molecule has 0 bridgehead atoms. The number of benzene rings is 2. The summed E-state index contributed by atoms with van der Waals surface area (Å²) in [4.78, 5) is 32.9. The van der Waals surface area contributed by atoms with Gasteiger partial charge in [0.2, 0.25) is 0 Å². The Morgan fingerprint density at radius 1 is 1.03 bits per heavy atom. The topological polar surface area (TPSA) is 95.0 Å². The van der Waals surface area contributed by atoms with Crippen LogP contribution in [0.5, 0.6) is 0 Å². The summed E-state index contributed by atoms with van der Waals surface area (Å²) in [5, 5.41) is 7.54. The molecule has 2 unspecified atom stereocenters. The van der Waals surface area contributed by atoms with Crippen LogP contribution in [0.2, 0.25) is 0 Å². The van der Waals surface area contributed by atoms with E-state index >= 15 is 0 Å². The van der Waals surface area contributed by atoms with Crippen molar-refractivity contribution < 1.29 is 22.8 Å². The standard InChI is InChI=1S/C20H14F3N5O2/c21-10-2-1-3-11(4-10)27-20(30)28-12-5-13(17(23)16(22)6-12)18(29)14-8-25-19-15(14)7-24-9-26-19/h1-9,15,19,25H,(H2,27,28,30). The molecule has 7 nitrogen and oxygen atoms in total. The third-order valence-electron chi connectivity index (χ3n) is 4.52. The second-order valence-electron chi connectivity index (χ2n) is 6.54. The molecule has 0 aromatic heterocycles. The predicted octanol–water partition coefficient (Wildman–Crippen LogP) is 3.47. The fourth-order valence-electron chi connectivity index (χ4n) is 3.14. The third kappa shape index (κ3) is 3.79. The first-order valence-electron chi connectivity index (χ1n) is 8.81. The highest BCUT2D eigenvalue weighted by Crippen LogP contribution is 2.28. The van der Waals surface area contributed by atoms with Crippen LogP contribution in [0.3, 0.4) is 0 Å². The van der Waals surface area contributed by atoms with Crippen LogP contribution >= 0.6 is 0 Å². The Balaban J connectivity index is 1.55. The largest absolute Gasteiger partial charge is 0.369 e. The zero-order valence-corrected chi connectivity index (χ0v) is 15.2. The van der Waals surface area contributed by atoms with Crippen LogP contribution < -0.4 is 16.0 Å². The number of hydrogen-bond acceptors (Lipinski definition) is 5. The van der Waals surface area contributed by atoms with Crippen molar-refractivity contribution in [3.8, 4) is 0 Å². The van der Waals surface area contributed by atoms with Crippen LogP contribution in [-0.4, -0.2) is 30.5 Å². The number of fused-ring (bicyclic) bond motifs is 1. The van der Waals surface area contributed by atoms with Crippen LogP contribution in [0.15, 0.2) is 58.2 Å². The summed E-state index contributed by atoms with van der Waals surface area (Å²) in [6.45, 7) is 0. The number of carbonyl (C=O) groups excluding carboxylic acids is 2. The smallest absolute Gasteiger partial charge is 0.323 e. The number of aliphatic imine (C=N–C) groups is 2.